The molecule has 0 radical (unpaired) electrons. The van der Waals surface area contributed by atoms with Crippen molar-refractivity contribution in [1.29, 1.82) is 0 Å². The van der Waals surface area contributed by atoms with Crippen molar-refractivity contribution in [3.63, 3.8) is 0 Å². The largest absolute Gasteiger partial charge is 0.416 e. The molecule has 250 valence electrons. The number of halogens is 4. The van der Waals surface area contributed by atoms with Crippen LogP contribution in [0.1, 0.15) is 46.0 Å². The minimum absolute atomic E-state index is 0.210. The van der Waals surface area contributed by atoms with Crippen molar-refractivity contribution >= 4 is 11.8 Å². The molecule has 0 bridgehead atoms. The fraction of sp³-hybridized carbons (Fsp3) is 0.314. The van der Waals surface area contributed by atoms with Gasteiger partial charge in [-0.25, -0.2) is 4.39 Å². The number of ether oxygens (including phenoxy) is 1. The van der Waals surface area contributed by atoms with Gasteiger partial charge in [0, 0.05) is 30.7 Å². The van der Waals surface area contributed by atoms with E-state index in [1.165, 1.54) is 36.0 Å². The number of hydrogen-bond acceptors (Lipinski definition) is 7. The summed E-state index contributed by atoms with van der Waals surface area (Å²) < 4.78 is 61.9. The monoisotopic (exact) mass is 678 g/mol. The molecule has 1 aliphatic carbocycles. The van der Waals surface area contributed by atoms with Gasteiger partial charge in [-0.1, -0.05) is 60.3 Å². The van der Waals surface area contributed by atoms with E-state index in [0.29, 0.717) is 61.5 Å². The Morgan fingerprint density at radius 1 is 0.854 bits per heavy atom. The third-order valence-corrected chi connectivity index (χ3v) is 9.34. The van der Waals surface area contributed by atoms with Gasteiger partial charge in [-0.3, -0.25) is 4.79 Å². The van der Waals surface area contributed by atoms with Crippen LogP contribution in [0, 0.1) is 5.82 Å². The van der Waals surface area contributed by atoms with Crippen molar-refractivity contribution in [2.75, 3.05) is 20.3 Å². The molecule has 0 fully saturated rings. The van der Waals surface area contributed by atoms with Gasteiger partial charge in [0.25, 0.3) is 5.56 Å². The van der Waals surface area contributed by atoms with Crippen LogP contribution in [-0.2, 0) is 49.1 Å². The van der Waals surface area contributed by atoms with Crippen LogP contribution in [0.15, 0.2) is 82.7 Å². The summed E-state index contributed by atoms with van der Waals surface area (Å²) in [5, 5.41) is 13.0. The number of thioether (sulfide) groups is 1. The Bertz CT molecular complexity index is 1910. The molecular weight excluding hydrogens is 644 g/mol. The van der Waals surface area contributed by atoms with E-state index in [1.807, 2.05) is 28.8 Å². The number of fused-ring (bicyclic) bond motifs is 1. The first kappa shape index (κ1) is 33.6. The zero-order valence-electron chi connectivity index (χ0n) is 26.3. The lowest BCUT2D eigenvalue weighted by Crippen LogP contribution is -2.24. The van der Waals surface area contributed by atoms with E-state index in [0.717, 1.165) is 58.7 Å². The van der Waals surface area contributed by atoms with Gasteiger partial charge in [-0.15, -0.1) is 10.2 Å². The molecule has 0 aliphatic heterocycles. The highest BCUT2D eigenvalue weighted by Crippen LogP contribution is 2.31. The summed E-state index contributed by atoms with van der Waals surface area (Å²) in [7, 11) is 1.64. The first-order valence-electron chi connectivity index (χ1n) is 15.6. The van der Waals surface area contributed by atoms with Crippen LogP contribution in [0.4, 0.5) is 17.6 Å². The van der Waals surface area contributed by atoms with Gasteiger partial charge in [-0.05, 0) is 65.8 Å². The summed E-state index contributed by atoms with van der Waals surface area (Å²) >= 11 is 1.43. The van der Waals surface area contributed by atoms with Gasteiger partial charge in [0.15, 0.2) is 11.0 Å². The Balaban J connectivity index is 1.29. The van der Waals surface area contributed by atoms with Gasteiger partial charge in [0.1, 0.15) is 11.6 Å². The van der Waals surface area contributed by atoms with E-state index >= 15 is 0 Å². The summed E-state index contributed by atoms with van der Waals surface area (Å²) in [5.41, 5.74) is 4.14. The zero-order chi connectivity index (χ0) is 33.7. The highest BCUT2D eigenvalue weighted by molar-refractivity contribution is 7.98. The molecule has 6 rings (SSSR count). The Hall–Kier alpha value is -4.33. The lowest BCUT2D eigenvalue weighted by molar-refractivity contribution is -0.137. The summed E-state index contributed by atoms with van der Waals surface area (Å²) in [5.74, 6) is 1.61. The van der Waals surface area contributed by atoms with Crippen molar-refractivity contribution in [2.45, 2.75) is 56.0 Å². The van der Waals surface area contributed by atoms with E-state index in [2.05, 4.69) is 25.1 Å². The Kier molecular flexibility index (Phi) is 10.4. The predicted octanol–water partition coefficient (Wildman–Crippen LogP) is 6.27. The number of hydrogen-bond donors (Lipinski definition) is 1. The molecule has 0 saturated carbocycles. The molecular formula is C35H34F4N6O2S. The number of nitrogens with one attached hydrogen (secondary N) is 1. The molecule has 1 N–H and O–H groups in total. The van der Waals surface area contributed by atoms with Crippen LogP contribution < -0.4 is 10.9 Å². The summed E-state index contributed by atoms with van der Waals surface area (Å²) in [6.07, 6.45) is -2.09. The second kappa shape index (κ2) is 14.8. The average molecular weight is 679 g/mol. The summed E-state index contributed by atoms with van der Waals surface area (Å²) in [6.45, 7) is 2.41. The SMILES string of the molecule is COCCNCc1nnc(Cn2c(SCc3ccc(F)cc3)nc(=O)c3c2CCC3)n1Cc1ccc(-c2ccc(C(F)(F)F)cc2)cc1. The second-order valence-corrected chi connectivity index (χ2v) is 12.5. The number of methoxy groups -OCH3 is 1. The first-order chi connectivity index (χ1) is 23.2. The molecule has 48 heavy (non-hydrogen) atoms. The number of benzene rings is 3. The normalized spacial score (nSPS) is 12.9. The van der Waals surface area contributed by atoms with E-state index in [1.54, 1.807) is 19.2 Å². The fourth-order valence-corrected chi connectivity index (χ4v) is 6.71. The maximum atomic E-state index is 13.5. The van der Waals surface area contributed by atoms with Gasteiger partial charge in [-0.2, -0.15) is 18.2 Å². The quantitative estimate of drug-likeness (QED) is 0.0680. The third-order valence-electron chi connectivity index (χ3n) is 8.29. The van der Waals surface area contributed by atoms with Crippen molar-refractivity contribution < 1.29 is 22.3 Å². The van der Waals surface area contributed by atoms with Gasteiger partial charge < -0.3 is 19.2 Å². The molecule has 2 heterocycles. The van der Waals surface area contributed by atoms with Crippen molar-refractivity contribution in [2.24, 2.45) is 0 Å². The highest BCUT2D eigenvalue weighted by atomic mass is 32.2. The molecule has 3 aromatic carbocycles. The third kappa shape index (κ3) is 7.86. The van der Waals surface area contributed by atoms with Gasteiger partial charge in [0.2, 0.25) is 0 Å². The number of aromatic nitrogens is 5. The van der Waals surface area contributed by atoms with Crippen molar-refractivity contribution in [3.8, 4) is 11.1 Å². The summed E-state index contributed by atoms with van der Waals surface area (Å²) in [6, 6.07) is 19.1. The Morgan fingerprint density at radius 3 is 2.21 bits per heavy atom. The minimum Gasteiger partial charge on any atom is -0.383 e. The van der Waals surface area contributed by atoms with Crippen LogP contribution in [0.25, 0.3) is 11.1 Å². The molecule has 8 nitrogen and oxygen atoms in total. The van der Waals surface area contributed by atoms with Crippen LogP contribution >= 0.6 is 11.8 Å². The van der Waals surface area contributed by atoms with Crippen LogP contribution in [0.3, 0.4) is 0 Å². The van der Waals surface area contributed by atoms with E-state index in [-0.39, 0.29) is 11.4 Å². The molecule has 0 spiro atoms. The van der Waals surface area contributed by atoms with Gasteiger partial charge in [0.05, 0.1) is 31.8 Å². The molecule has 0 atom stereocenters. The fourth-order valence-electron chi connectivity index (χ4n) is 5.74. The molecule has 1 aliphatic rings. The minimum atomic E-state index is -4.39. The predicted molar refractivity (Wildman–Crippen MR) is 175 cm³/mol. The van der Waals surface area contributed by atoms with E-state index in [4.69, 9.17) is 4.74 Å². The van der Waals surface area contributed by atoms with Crippen LogP contribution in [-0.4, -0.2) is 44.6 Å². The average Bonchev–Trinajstić information content (AvgIpc) is 3.72. The maximum Gasteiger partial charge on any atom is 0.416 e. The highest BCUT2D eigenvalue weighted by Gasteiger charge is 2.30. The number of alkyl halides is 3. The Morgan fingerprint density at radius 2 is 1.52 bits per heavy atom. The lowest BCUT2D eigenvalue weighted by Gasteiger charge is -2.18. The van der Waals surface area contributed by atoms with E-state index in [9.17, 15) is 22.4 Å². The van der Waals surface area contributed by atoms with Crippen molar-refractivity contribution in [1.82, 2.24) is 29.6 Å². The molecule has 2 aromatic heterocycles. The number of nitrogens with zero attached hydrogens (tertiary/aromatic N) is 5. The van der Waals surface area contributed by atoms with Crippen LogP contribution in [0.2, 0.25) is 0 Å². The molecule has 0 amide bonds. The Labute approximate surface area is 279 Å². The first-order valence-corrected chi connectivity index (χ1v) is 16.5. The maximum absolute atomic E-state index is 13.5. The summed E-state index contributed by atoms with van der Waals surface area (Å²) in [4.78, 5) is 17.4. The molecule has 5 aromatic rings. The van der Waals surface area contributed by atoms with Gasteiger partial charge >= 0.3 is 6.18 Å². The van der Waals surface area contributed by atoms with Crippen molar-refractivity contribution in [3.05, 3.63) is 129 Å². The van der Waals surface area contributed by atoms with Crippen LogP contribution in [0.5, 0.6) is 0 Å². The zero-order valence-corrected chi connectivity index (χ0v) is 27.1. The second-order valence-electron chi connectivity index (χ2n) is 11.5. The van der Waals surface area contributed by atoms with E-state index < -0.39 is 11.7 Å². The smallest absolute Gasteiger partial charge is 0.383 e. The molecule has 0 unspecified atom stereocenters. The molecule has 13 heteroatoms. The lowest BCUT2D eigenvalue weighted by atomic mass is 10.0. The standard InChI is InChI=1S/C35H34F4N6O2S/c1-47-18-17-40-19-31-42-43-32(45(31)20-23-5-9-25(10-6-23)26-11-13-27(14-12-26)35(37,38)39)21-44-30-4-2-3-29(30)33(46)41-34(44)48-22-24-7-15-28(36)16-8-24/h5-16,40H,2-4,17-22H2,1H3. The number of rotatable bonds is 13. The molecule has 0 saturated heterocycles. The topological polar surface area (TPSA) is 86.9 Å².